The van der Waals surface area contributed by atoms with Gasteiger partial charge in [0.1, 0.15) is 5.69 Å². The molecule has 160 valence electrons. The Balaban J connectivity index is 2.04. The molecular formula is C20H22F2N4O4. The van der Waals surface area contributed by atoms with Gasteiger partial charge in [-0.1, -0.05) is 0 Å². The van der Waals surface area contributed by atoms with Gasteiger partial charge in [-0.15, -0.1) is 0 Å². The minimum Gasteiger partial charge on any atom is -0.475 e. The van der Waals surface area contributed by atoms with Gasteiger partial charge in [-0.05, 0) is 26.7 Å². The molecule has 0 spiro atoms. The lowest BCUT2D eigenvalue weighted by Gasteiger charge is -2.38. The Bertz CT molecular complexity index is 1130. The lowest BCUT2D eigenvalue weighted by molar-refractivity contribution is -0.131. The molecule has 0 radical (unpaired) electrons. The van der Waals surface area contributed by atoms with Crippen molar-refractivity contribution in [3.05, 3.63) is 33.6 Å². The number of halogens is 2. The zero-order valence-corrected chi connectivity index (χ0v) is 16.5. The predicted molar refractivity (Wildman–Crippen MR) is 107 cm³/mol. The van der Waals surface area contributed by atoms with Crippen LogP contribution in [0.4, 0.5) is 20.2 Å². The Morgan fingerprint density at radius 2 is 1.77 bits per heavy atom. The number of Topliss-reactive ketones (excluding diaryl/α,β-unsaturated/α-hetero) is 1. The number of rotatable bonds is 4. The molecule has 4 N–H and O–H groups in total. The second kappa shape index (κ2) is 7.05. The first-order chi connectivity index (χ1) is 14.1. The Hall–Kier alpha value is -3.01. The summed E-state index contributed by atoms with van der Waals surface area (Å²) in [5.74, 6) is -5.28. The van der Waals surface area contributed by atoms with Crippen LogP contribution >= 0.6 is 0 Å². The maximum absolute atomic E-state index is 15.8. The van der Waals surface area contributed by atoms with Crippen LogP contribution in [0.2, 0.25) is 0 Å². The van der Waals surface area contributed by atoms with Crippen LogP contribution in [0.15, 0.2) is 11.0 Å². The number of fused-ring (bicyclic) bond motifs is 1. The van der Waals surface area contributed by atoms with E-state index in [1.165, 1.54) is 4.57 Å². The average molecular weight is 420 g/mol. The average Bonchev–Trinajstić information content (AvgIpc) is 3.49. The summed E-state index contributed by atoms with van der Waals surface area (Å²) in [5, 5.41) is 11.8. The van der Waals surface area contributed by atoms with E-state index in [0.717, 1.165) is 6.20 Å². The van der Waals surface area contributed by atoms with E-state index in [-0.39, 0.29) is 29.3 Å². The van der Waals surface area contributed by atoms with Crippen LogP contribution in [0.25, 0.3) is 10.9 Å². The van der Waals surface area contributed by atoms with Crippen molar-refractivity contribution in [3.63, 3.8) is 0 Å². The summed E-state index contributed by atoms with van der Waals surface area (Å²) in [6.45, 7) is 4.47. The van der Waals surface area contributed by atoms with E-state index < -0.39 is 45.5 Å². The van der Waals surface area contributed by atoms with Gasteiger partial charge < -0.3 is 25.6 Å². The number of aromatic nitrogens is 1. The van der Waals surface area contributed by atoms with Crippen molar-refractivity contribution in [1.29, 1.82) is 0 Å². The Morgan fingerprint density at radius 3 is 2.30 bits per heavy atom. The van der Waals surface area contributed by atoms with Crippen LogP contribution in [0.5, 0.6) is 0 Å². The highest BCUT2D eigenvalue weighted by atomic mass is 19.1. The molecule has 0 bridgehead atoms. The number of nitrogens with zero attached hydrogens (tertiary/aromatic N) is 2. The summed E-state index contributed by atoms with van der Waals surface area (Å²) in [6, 6.07) is -0.266. The van der Waals surface area contributed by atoms with Gasteiger partial charge in [-0.3, -0.25) is 9.59 Å². The number of aliphatic carboxylic acids is 1. The van der Waals surface area contributed by atoms with Crippen LogP contribution < -0.4 is 21.4 Å². The molecule has 2 atom stereocenters. The summed E-state index contributed by atoms with van der Waals surface area (Å²) in [6.07, 6.45) is 2.38. The van der Waals surface area contributed by atoms with E-state index >= 15 is 8.78 Å². The quantitative estimate of drug-likeness (QED) is 0.391. The zero-order chi connectivity index (χ0) is 21.9. The van der Waals surface area contributed by atoms with E-state index in [1.807, 2.05) is 13.8 Å². The smallest absolute Gasteiger partial charge is 0.377 e. The van der Waals surface area contributed by atoms with E-state index in [0.29, 0.717) is 25.9 Å². The number of pyridine rings is 1. The standard InChI is InChI=1S/C20H22F2N4O4/c1-8-5-25(6-9(2)24-8)17-13(21)15(23)12-16(14(17)22)26(10-3-4-10)7-11(18(12)27)19(28)20(29)30/h7-10,24H,3-6,23H2,1-2H3,(H,29,30). The van der Waals surface area contributed by atoms with Crippen molar-refractivity contribution in [2.75, 3.05) is 23.7 Å². The number of carboxylic acids is 1. The van der Waals surface area contributed by atoms with Crippen molar-refractivity contribution in [3.8, 4) is 0 Å². The molecular weight excluding hydrogens is 398 g/mol. The van der Waals surface area contributed by atoms with Gasteiger partial charge in [0, 0.05) is 37.4 Å². The maximum atomic E-state index is 15.8. The van der Waals surface area contributed by atoms with Crippen molar-refractivity contribution in [2.24, 2.45) is 0 Å². The van der Waals surface area contributed by atoms with Crippen molar-refractivity contribution < 1.29 is 23.5 Å². The number of piperazine rings is 1. The number of carboxylic acid groups (broad SMARTS) is 1. The normalized spacial score (nSPS) is 21.8. The molecule has 4 rings (SSSR count). The van der Waals surface area contributed by atoms with Crippen molar-refractivity contribution in [1.82, 2.24) is 9.88 Å². The largest absolute Gasteiger partial charge is 0.475 e. The highest BCUT2D eigenvalue weighted by molar-refractivity contribution is 6.40. The molecule has 1 aromatic heterocycles. The van der Waals surface area contributed by atoms with Crippen LogP contribution in [0.3, 0.4) is 0 Å². The van der Waals surface area contributed by atoms with Crippen molar-refractivity contribution in [2.45, 2.75) is 44.8 Å². The topological polar surface area (TPSA) is 118 Å². The minimum atomic E-state index is -1.83. The van der Waals surface area contributed by atoms with Crippen molar-refractivity contribution >= 4 is 34.0 Å². The van der Waals surface area contributed by atoms with Crippen LogP contribution in [0, 0.1) is 11.6 Å². The number of hydrogen-bond donors (Lipinski definition) is 3. The first-order valence-electron chi connectivity index (χ1n) is 9.75. The Labute approximate surface area is 170 Å². The highest BCUT2D eigenvalue weighted by Crippen LogP contribution is 2.41. The third kappa shape index (κ3) is 3.11. The summed E-state index contributed by atoms with van der Waals surface area (Å²) in [4.78, 5) is 37.6. The second-order valence-corrected chi connectivity index (χ2v) is 8.13. The zero-order valence-electron chi connectivity index (χ0n) is 16.5. The van der Waals surface area contributed by atoms with Gasteiger partial charge >= 0.3 is 5.97 Å². The fourth-order valence-corrected chi connectivity index (χ4v) is 4.26. The molecule has 1 aromatic carbocycles. The SMILES string of the molecule is CC1CN(c2c(F)c(N)c3c(=O)c(C(=O)C(=O)O)cn(C4CC4)c3c2F)CC(C)N1. The number of nitrogens with one attached hydrogen (secondary N) is 1. The molecule has 2 unspecified atom stereocenters. The molecule has 1 saturated carbocycles. The van der Waals surface area contributed by atoms with E-state index in [9.17, 15) is 14.4 Å². The van der Waals surface area contributed by atoms with Gasteiger partial charge in [0.25, 0.3) is 5.78 Å². The molecule has 2 heterocycles. The van der Waals surface area contributed by atoms with Crippen LogP contribution in [-0.2, 0) is 4.79 Å². The number of nitrogens with two attached hydrogens (primary N) is 1. The molecule has 1 aliphatic heterocycles. The monoisotopic (exact) mass is 420 g/mol. The summed E-state index contributed by atoms with van der Waals surface area (Å²) >= 11 is 0. The highest BCUT2D eigenvalue weighted by Gasteiger charge is 2.35. The fraction of sp³-hybridized carbons (Fsp3) is 0.450. The molecule has 8 nitrogen and oxygen atoms in total. The summed E-state index contributed by atoms with van der Waals surface area (Å²) < 4.78 is 32.4. The second-order valence-electron chi connectivity index (χ2n) is 8.13. The molecule has 1 aliphatic carbocycles. The Kier molecular flexibility index (Phi) is 4.76. The predicted octanol–water partition coefficient (Wildman–Crippen LogP) is 1.65. The molecule has 0 amide bonds. The number of anilines is 2. The number of carbonyl (C=O) groups is 2. The maximum Gasteiger partial charge on any atom is 0.377 e. The minimum absolute atomic E-state index is 0.0225. The van der Waals surface area contributed by atoms with Gasteiger partial charge in [-0.25, -0.2) is 13.6 Å². The first kappa shape index (κ1) is 20.3. The van der Waals surface area contributed by atoms with Gasteiger partial charge in [0.15, 0.2) is 11.6 Å². The first-order valence-corrected chi connectivity index (χ1v) is 9.75. The lowest BCUT2D eigenvalue weighted by atomic mass is 10.0. The molecule has 2 aromatic rings. The molecule has 10 heteroatoms. The fourth-order valence-electron chi connectivity index (χ4n) is 4.26. The van der Waals surface area contributed by atoms with Crippen LogP contribution in [-0.4, -0.2) is 46.6 Å². The Morgan fingerprint density at radius 1 is 1.17 bits per heavy atom. The molecule has 2 aliphatic rings. The van der Waals surface area contributed by atoms with Gasteiger partial charge in [0.2, 0.25) is 5.43 Å². The number of carbonyl (C=O) groups excluding carboxylic acids is 1. The van der Waals surface area contributed by atoms with Crippen LogP contribution in [0.1, 0.15) is 43.1 Å². The number of hydrogen-bond acceptors (Lipinski definition) is 6. The van der Waals surface area contributed by atoms with Gasteiger partial charge in [0.05, 0.1) is 22.2 Å². The molecule has 2 fully saturated rings. The van der Waals surface area contributed by atoms with E-state index in [2.05, 4.69) is 5.32 Å². The summed E-state index contributed by atoms with van der Waals surface area (Å²) in [7, 11) is 0. The number of ketones is 1. The third-order valence-corrected chi connectivity index (χ3v) is 5.62. The summed E-state index contributed by atoms with van der Waals surface area (Å²) in [5.41, 5.74) is 3.10. The molecule has 1 saturated heterocycles. The van der Waals surface area contributed by atoms with E-state index in [1.54, 1.807) is 4.90 Å². The van der Waals surface area contributed by atoms with E-state index in [4.69, 9.17) is 10.8 Å². The number of benzene rings is 1. The molecule has 30 heavy (non-hydrogen) atoms. The lowest BCUT2D eigenvalue weighted by Crippen LogP contribution is -2.54. The number of nitrogen functional groups attached to an aromatic ring is 1. The third-order valence-electron chi connectivity index (χ3n) is 5.62. The van der Waals surface area contributed by atoms with Gasteiger partial charge in [-0.2, -0.15) is 0 Å².